The Balaban J connectivity index is 1.63. The molecule has 0 radical (unpaired) electrons. The first-order valence-corrected chi connectivity index (χ1v) is 10.4. The number of amides is 2. The van der Waals surface area contributed by atoms with Gasteiger partial charge in [0.2, 0.25) is 5.91 Å². The number of para-hydroxylation sites is 1. The molecule has 0 spiro atoms. The molecule has 0 atom stereocenters. The number of carbonyl (C=O) groups is 2. The van der Waals surface area contributed by atoms with Crippen molar-refractivity contribution in [3.63, 3.8) is 0 Å². The van der Waals surface area contributed by atoms with Crippen LogP contribution in [0.5, 0.6) is 0 Å². The van der Waals surface area contributed by atoms with Crippen LogP contribution in [0.2, 0.25) is 0 Å². The monoisotopic (exact) mass is 454 g/mol. The van der Waals surface area contributed by atoms with Gasteiger partial charge in [-0.25, -0.2) is 5.43 Å². The molecule has 6 nitrogen and oxygen atoms in total. The normalized spacial score (nSPS) is 10.9. The minimum Gasteiger partial charge on any atom is -0.355 e. The van der Waals surface area contributed by atoms with E-state index in [4.69, 9.17) is 0 Å². The Bertz CT molecular complexity index is 1100. The molecule has 32 heavy (non-hydrogen) atoms. The minimum absolute atomic E-state index is 0.158. The van der Waals surface area contributed by atoms with Gasteiger partial charge in [0, 0.05) is 23.2 Å². The lowest BCUT2D eigenvalue weighted by Gasteiger charge is -2.11. The number of hydrazone groups is 1. The summed E-state index contributed by atoms with van der Waals surface area (Å²) in [4.78, 5) is 24.1. The van der Waals surface area contributed by atoms with E-state index in [1.54, 1.807) is 72.8 Å². The number of rotatable bonds is 8. The fraction of sp³-hybridized carbons (Fsp3) is 0.0870. The third kappa shape index (κ3) is 6.92. The van der Waals surface area contributed by atoms with Crippen LogP contribution in [-0.4, -0.2) is 23.8 Å². The quantitative estimate of drug-likeness (QED) is 0.240. The average molecular weight is 455 g/mol. The Labute approximate surface area is 188 Å². The Hall–Kier alpha value is -3.72. The summed E-state index contributed by atoms with van der Waals surface area (Å²) in [5.41, 5.74) is 5.48. The van der Waals surface area contributed by atoms with E-state index < -0.39 is 11.7 Å². The number of halogens is 2. The molecule has 9 heteroatoms. The molecule has 0 aliphatic rings. The highest BCUT2D eigenvalue weighted by atomic mass is 32.2. The lowest BCUT2D eigenvalue weighted by molar-refractivity contribution is -0.114. The summed E-state index contributed by atoms with van der Waals surface area (Å²) in [5, 5.41) is 9.77. The van der Waals surface area contributed by atoms with Crippen LogP contribution in [-0.2, 0) is 4.79 Å². The molecule has 164 valence electrons. The van der Waals surface area contributed by atoms with Gasteiger partial charge in [-0.1, -0.05) is 36.0 Å². The van der Waals surface area contributed by atoms with Crippen LogP contribution < -0.4 is 16.1 Å². The molecule has 2 amide bonds. The van der Waals surface area contributed by atoms with Crippen molar-refractivity contribution in [3.05, 3.63) is 83.9 Å². The molecule has 0 unspecified atom stereocenters. The van der Waals surface area contributed by atoms with Crippen LogP contribution >= 0.6 is 11.8 Å². The number of nitrogens with one attached hydrogen (secondary N) is 3. The minimum atomic E-state index is -2.48. The van der Waals surface area contributed by atoms with E-state index in [1.165, 1.54) is 13.1 Å². The van der Waals surface area contributed by atoms with Crippen molar-refractivity contribution in [3.8, 4) is 0 Å². The van der Waals surface area contributed by atoms with Gasteiger partial charge in [0.15, 0.2) is 0 Å². The van der Waals surface area contributed by atoms with E-state index in [0.29, 0.717) is 39.3 Å². The van der Waals surface area contributed by atoms with Crippen LogP contribution in [0.3, 0.4) is 0 Å². The fourth-order valence-corrected chi connectivity index (χ4v) is 3.25. The first kappa shape index (κ1) is 23.0. The first-order valence-electron chi connectivity index (χ1n) is 9.53. The number of thioether (sulfide) groups is 1. The zero-order chi connectivity index (χ0) is 22.9. The fourth-order valence-electron chi connectivity index (χ4n) is 2.75. The van der Waals surface area contributed by atoms with Crippen LogP contribution in [0.4, 0.5) is 25.8 Å². The van der Waals surface area contributed by atoms with E-state index in [1.807, 2.05) is 0 Å². The average Bonchev–Trinajstić information content (AvgIpc) is 2.76. The van der Waals surface area contributed by atoms with Crippen molar-refractivity contribution in [2.24, 2.45) is 5.10 Å². The lowest BCUT2D eigenvalue weighted by atomic mass is 10.1. The van der Waals surface area contributed by atoms with Gasteiger partial charge in [0.05, 0.1) is 17.5 Å². The smallest absolute Gasteiger partial charge is 0.288 e. The molecule has 3 N–H and O–H groups in total. The van der Waals surface area contributed by atoms with Crippen LogP contribution in [0.15, 0.2) is 82.8 Å². The molecule has 0 saturated heterocycles. The predicted octanol–water partition coefficient (Wildman–Crippen LogP) is 5.47. The van der Waals surface area contributed by atoms with Gasteiger partial charge in [-0.15, -0.1) is 0 Å². The summed E-state index contributed by atoms with van der Waals surface area (Å²) in [6.07, 6.45) is 1.49. The maximum atomic E-state index is 12.6. The van der Waals surface area contributed by atoms with Crippen molar-refractivity contribution in [2.45, 2.75) is 17.6 Å². The van der Waals surface area contributed by atoms with Gasteiger partial charge >= 0.3 is 0 Å². The maximum Gasteiger partial charge on any atom is 0.288 e. The summed E-state index contributed by atoms with van der Waals surface area (Å²) in [7, 11) is 0. The number of anilines is 3. The predicted molar refractivity (Wildman–Crippen MR) is 124 cm³/mol. The molecule has 3 aromatic rings. The molecule has 0 aliphatic carbocycles. The maximum absolute atomic E-state index is 12.6. The molecule has 0 fully saturated rings. The van der Waals surface area contributed by atoms with E-state index in [2.05, 4.69) is 21.2 Å². The second-order valence-electron chi connectivity index (χ2n) is 6.58. The highest BCUT2D eigenvalue weighted by molar-refractivity contribution is 7.99. The summed E-state index contributed by atoms with van der Waals surface area (Å²) in [6.45, 7) is 1.43. The third-order valence-corrected chi connectivity index (χ3v) is 4.86. The van der Waals surface area contributed by atoms with Gasteiger partial charge < -0.3 is 10.6 Å². The topological polar surface area (TPSA) is 82.6 Å². The standard InChI is InChI=1S/C23H20F2N4O2S/c1-15(30)27-17-8-6-16(7-9-17)14-26-29-22(31)20-4-2-3-5-21(20)28-18-10-12-19(13-11-18)32-23(24)25/h2-14,23,28H,1H3,(H,27,30)(H,29,31)/b26-14-. The second-order valence-corrected chi connectivity index (χ2v) is 7.64. The van der Waals surface area contributed by atoms with E-state index in [-0.39, 0.29) is 5.91 Å². The molecule has 0 aromatic heterocycles. The third-order valence-electron chi connectivity index (χ3n) is 4.14. The van der Waals surface area contributed by atoms with E-state index >= 15 is 0 Å². The molecular weight excluding hydrogens is 434 g/mol. The highest BCUT2D eigenvalue weighted by Gasteiger charge is 2.11. The summed E-state index contributed by atoms with van der Waals surface area (Å²) >= 11 is 0.472. The highest BCUT2D eigenvalue weighted by Crippen LogP contribution is 2.27. The number of carbonyl (C=O) groups excluding carboxylic acids is 2. The Morgan fingerprint density at radius 2 is 1.59 bits per heavy atom. The van der Waals surface area contributed by atoms with Gasteiger partial charge in [0.1, 0.15) is 0 Å². The zero-order valence-corrected chi connectivity index (χ0v) is 17.8. The Morgan fingerprint density at radius 3 is 2.25 bits per heavy atom. The Morgan fingerprint density at radius 1 is 0.938 bits per heavy atom. The first-order chi connectivity index (χ1) is 15.4. The molecule has 3 aromatic carbocycles. The van der Waals surface area contributed by atoms with Crippen LogP contribution in [0, 0.1) is 0 Å². The second kappa shape index (κ2) is 11.1. The van der Waals surface area contributed by atoms with Gasteiger partial charge in [-0.05, 0) is 54.1 Å². The number of alkyl halides is 2. The molecule has 0 bridgehead atoms. The molecule has 3 rings (SSSR count). The molecular formula is C23H20F2N4O2S. The van der Waals surface area contributed by atoms with E-state index in [9.17, 15) is 18.4 Å². The van der Waals surface area contributed by atoms with Crippen molar-refractivity contribution in [2.75, 3.05) is 10.6 Å². The van der Waals surface area contributed by atoms with Gasteiger partial charge in [0.25, 0.3) is 11.7 Å². The SMILES string of the molecule is CC(=O)Nc1ccc(/C=N\NC(=O)c2ccccc2Nc2ccc(SC(F)F)cc2)cc1. The van der Waals surface area contributed by atoms with Gasteiger partial charge in [-0.3, -0.25) is 9.59 Å². The summed E-state index contributed by atoms with van der Waals surface area (Å²) in [6, 6.07) is 20.4. The van der Waals surface area contributed by atoms with Crippen LogP contribution in [0.25, 0.3) is 0 Å². The number of nitrogens with zero attached hydrogens (tertiary/aromatic N) is 1. The zero-order valence-electron chi connectivity index (χ0n) is 17.0. The summed E-state index contributed by atoms with van der Waals surface area (Å²) in [5.74, 6) is -3.05. The van der Waals surface area contributed by atoms with E-state index in [0.717, 1.165) is 5.56 Å². The lowest BCUT2D eigenvalue weighted by Crippen LogP contribution is -2.19. The van der Waals surface area contributed by atoms with Crippen molar-refractivity contribution >= 4 is 46.9 Å². The molecule has 0 saturated carbocycles. The number of hydrogen-bond donors (Lipinski definition) is 3. The van der Waals surface area contributed by atoms with Crippen molar-refractivity contribution < 1.29 is 18.4 Å². The Kier molecular flexibility index (Phi) is 7.93. The largest absolute Gasteiger partial charge is 0.355 e. The van der Waals surface area contributed by atoms with Crippen molar-refractivity contribution in [1.82, 2.24) is 5.43 Å². The summed E-state index contributed by atoms with van der Waals surface area (Å²) < 4.78 is 24.9. The molecule has 0 heterocycles. The number of hydrogen-bond acceptors (Lipinski definition) is 5. The van der Waals surface area contributed by atoms with Gasteiger partial charge in [-0.2, -0.15) is 13.9 Å². The van der Waals surface area contributed by atoms with Crippen LogP contribution in [0.1, 0.15) is 22.8 Å². The number of benzene rings is 3. The molecule has 0 aliphatic heterocycles. The van der Waals surface area contributed by atoms with Crippen molar-refractivity contribution in [1.29, 1.82) is 0 Å².